The number of imidazole rings is 1. The predicted octanol–water partition coefficient (Wildman–Crippen LogP) is 3.24. The number of benzene rings is 1. The Balaban J connectivity index is 1.49. The predicted molar refractivity (Wildman–Crippen MR) is 98.0 cm³/mol. The van der Waals surface area contributed by atoms with E-state index in [1.54, 1.807) is 60.1 Å². The van der Waals surface area contributed by atoms with Gasteiger partial charge in [0.15, 0.2) is 0 Å². The maximum absolute atomic E-state index is 12.1. The first-order chi connectivity index (χ1) is 12.5. The number of nitrogens with zero attached hydrogens (tertiary/aromatic N) is 2. The van der Waals surface area contributed by atoms with Crippen molar-refractivity contribution in [2.24, 2.45) is 0 Å². The van der Waals surface area contributed by atoms with Gasteiger partial charge in [0.2, 0.25) is 0 Å². The van der Waals surface area contributed by atoms with Gasteiger partial charge in [0.25, 0.3) is 5.91 Å². The monoisotopic (exact) mass is 371 g/mol. The van der Waals surface area contributed by atoms with E-state index in [-0.39, 0.29) is 25.0 Å². The quantitative estimate of drug-likeness (QED) is 0.675. The van der Waals surface area contributed by atoms with Crippen molar-refractivity contribution in [3.8, 4) is 0 Å². The number of hydrogen-bond acceptors (Lipinski definition) is 4. The number of halogens is 1. The number of ether oxygens (including phenoxy) is 1. The third kappa shape index (κ3) is 4.61. The van der Waals surface area contributed by atoms with Gasteiger partial charge >= 0.3 is 5.97 Å². The fourth-order valence-electron chi connectivity index (χ4n) is 2.50. The zero-order chi connectivity index (χ0) is 18.5. The summed E-state index contributed by atoms with van der Waals surface area (Å²) in [6, 6.07) is 12.0. The molecule has 0 aliphatic heterocycles. The van der Waals surface area contributed by atoms with Crippen molar-refractivity contribution >= 4 is 29.1 Å². The normalized spacial score (nSPS) is 11.9. The molecule has 0 aliphatic carbocycles. The maximum Gasteiger partial charge on any atom is 0.308 e. The Morgan fingerprint density at radius 3 is 2.73 bits per heavy atom. The molecule has 0 bridgehead atoms. The molecule has 2 heterocycles. The van der Waals surface area contributed by atoms with Crippen LogP contribution in [0.3, 0.4) is 0 Å². The van der Waals surface area contributed by atoms with Crippen LogP contribution >= 0.6 is 11.6 Å². The van der Waals surface area contributed by atoms with E-state index in [0.29, 0.717) is 16.3 Å². The maximum atomic E-state index is 12.1. The van der Waals surface area contributed by atoms with Crippen molar-refractivity contribution in [3.63, 3.8) is 0 Å². The SMILES string of the molecule is C[C@@H](CC(=O)OCc1cn2cc(Cl)ccc2n1)NC(=O)c1ccccc1. The van der Waals surface area contributed by atoms with E-state index in [2.05, 4.69) is 10.3 Å². The van der Waals surface area contributed by atoms with Crippen LogP contribution < -0.4 is 5.32 Å². The Morgan fingerprint density at radius 2 is 1.96 bits per heavy atom. The smallest absolute Gasteiger partial charge is 0.308 e. The van der Waals surface area contributed by atoms with E-state index in [4.69, 9.17) is 16.3 Å². The molecule has 1 amide bonds. The molecule has 6 nitrogen and oxygen atoms in total. The minimum absolute atomic E-state index is 0.0669. The lowest BCUT2D eigenvalue weighted by Crippen LogP contribution is -2.34. The number of carbonyl (C=O) groups excluding carboxylic acids is 2. The summed E-state index contributed by atoms with van der Waals surface area (Å²) in [6.07, 6.45) is 3.57. The van der Waals surface area contributed by atoms with Gasteiger partial charge in [0.05, 0.1) is 17.1 Å². The van der Waals surface area contributed by atoms with E-state index >= 15 is 0 Å². The number of esters is 1. The molecule has 0 radical (unpaired) electrons. The van der Waals surface area contributed by atoms with Crippen molar-refractivity contribution in [2.75, 3.05) is 0 Å². The van der Waals surface area contributed by atoms with Crippen LogP contribution in [0.5, 0.6) is 0 Å². The Kier molecular flexibility index (Phi) is 5.53. The van der Waals surface area contributed by atoms with Crippen LogP contribution in [-0.4, -0.2) is 27.3 Å². The van der Waals surface area contributed by atoms with Gasteiger partial charge in [-0.25, -0.2) is 4.98 Å². The highest BCUT2D eigenvalue weighted by Gasteiger charge is 2.14. The van der Waals surface area contributed by atoms with Crippen molar-refractivity contribution in [3.05, 3.63) is 71.1 Å². The van der Waals surface area contributed by atoms with Crippen LogP contribution in [0.25, 0.3) is 5.65 Å². The van der Waals surface area contributed by atoms with E-state index in [9.17, 15) is 9.59 Å². The van der Waals surface area contributed by atoms with Gasteiger partial charge in [0, 0.05) is 24.0 Å². The molecule has 7 heteroatoms. The van der Waals surface area contributed by atoms with Crippen LogP contribution in [-0.2, 0) is 16.1 Å². The minimum Gasteiger partial charge on any atom is -0.459 e. The molecule has 1 aromatic carbocycles. The summed E-state index contributed by atoms with van der Waals surface area (Å²) in [5.74, 6) is -0.621. The molecular formula is C19H18ClN3O3. The standard InChI is InChI=1S/C19H18ClN3O3/c1-13(21-19(25)14-5-3-2-4-6-14)9-18(24)26-12-16-11-23-10-15(20)7-8-17(23)22-16/h2-8,10-11,13H,9,12H2,1H3,(H,21,25)/t13-/m0/s1. The van der Waals surface area contributed by atoms with Gasteiger partial charge in [-0.2, -0.15) is 0 Å². The minimum atomic E-state index is -0.402. The number of hydrogen-bond donors (Lipinski definition) is 1. The lowest BCUT2D eigenvalue weighted by atomic mass is 10.2. The van der Waals surface area contributed by atoms with Crippen molar-refractivity contribution in [1.29, 1.82) is 0 Å². The number of aromatic nitrogens is 2. The Morgan fingerprint density at radius 1 is 1.19 bits per heavy atom. The molecule has 1 atom stereocenters. The van der Waals surface area contributed by atoms with Crippen LogP contribution in [0.1, 0.15) is 29.4 Å². The Hall–Kier alpha value is -2.86. The third-order valence-corrected chi connectivity index (χ3v) is 3.96. The van der Waals surface area contributed by atoms with Gasteiger partial charge in [-0.1, -0.05) is 29.8 Å². The van der Waals surface area contributed by atoms with Gasteiger partial charge in [0.1, 0.15) is 12.3 Å². The number of fused-ring (bicyclic) bond motifs is 1. The molecule has 0 unspecified atom stereocenters. The summed E-state index contributed by atoms with van der Waals surface area (Å²) in [4.78, 5) is 28.4. The second-order valence-electron chi connectivity index (χ2n) is 5.95. The highest BCUT2D eigenvalue weighted by atomic mass is 35.5. The topological polar surface area (TPSA) is 72.7 Å². The summed E-state index contributed by atoms with van der Waals surface area (Å²) < 4.78 is 7.02. The summed E-state index contributed by atoms with van der Waals surface area (Å²) in [6.45, 7) is 1.83. The van der Waals surface area contributed by atoms with E-state index < -0.39 is 5.97 Å². The highest BCUT2D eigenvalue weighted by molar-refractivity contribution is 6.30. The van der Waals surface area contributed by atoms with Crippen LogP contribution in [0.15, 0.2) is 54.9 Å². The van der Waals surface area contributed by atoms with Gasteiger partial charge in [-0.05, 0) is 31.2 Å². The third-order valence-electron chi connectivity index (χ3n) is 3.73. The van der Waals surface area contributed by atoms with Crippen molar-refractivity contribution in [1.82, 2.24) is 14.7 Å². The molecule has 0 aliphatic rings. The van der Waals surface area contributed by atoms with Gasteiger partial charge < -0.3 is 14.5 Å². The second-order valence-corrected chi connectivity index (χ2v) is 6.39. The second kappa shape index (κ2) is 8.01. The van der Waals surface area contributed by atoms with E-state index in [1.807, 2.05) is 6.07 Å². The molecule has 3 rings (SSSR count). The Labute approximate surface area is 155 Å². The summed E-state index contributed by atoms with van der Waals surface area (Å²) in [7, 11) is 0. The fraction of sp³-hybridized carbons (Fsp3) is 0.211. The number of rotatable bonds is 6. The summed E-state index contributed by atoms with van der Waals surface area (Å²) in [5.41, 5.74) is 1.90. The van der Waals surface area contributed by atoms with Crippen molar-refractivity contribution in [2.45, 2.75) is 26.0 Å². The van der Waals surface area contributed by atoms with E-state index in [1.165, 1.54) is 0 Å². The van der Waals surface area contributed by atoms with Crippen LogP contribution in [0, 0.1) is 0 Å². The van der Waals surface area contributed by atoms with Gasteiger partial charge in [-0.3, -0.25) is 9.59 Å². The number of pyridine rings is 1. The molecule has 134 valence electrons. The first-order valence-electron chi connectivity index (χ1n) is 8.16. The first-order valence-corrected chi connectivity index (χ1v) is 8.54. The lowest BCUT2D eigenvalue weighted by Gasteiger charge is -2.13. The average Bonchev–Trinajstić information content (AvgIpc) is 3.02. The Bertz CT molecular complexity index is 924. The molecule has 2 aromatic heterocycles. The fourth-order valence-corrected chi connectivity index (χ4v) is 2.67. The molecular weight excluding hydrogens is 354 g/mol. The van der Waals surface area contributed by atoms with E-state index in [0.717, 1.165) is 5.65 Å². The zero-order valence-corrected chi connectivity index (χ0v) is 14.9. The molecule has 0 saturated carbocycles. The largest absolute Gasteiger partial charge is 0.459 e. The molecule has 0 saturated heterocycles. The molecule has 1 N–H and O–H groups in total. The molecule has 26 heavy (non-hydrogen) atoms. The van der Waals surface area contributed by atoms with Gasteiger partial charge in [-0.15, -0.1) is 0 Å². The van der Waals surface area contributed by atoms with Crippen LogP contribution in [0.4, 0.5) is 0 Å². The number of carbonyl (C=O) groups is 2. The molecule has 0 fully saturated rings. The summed E-state index contributed by atoms with van der Waals surface area (Å²) >= 11 is 5.93. The first kappa shape index (κ1) is 17.9. The highest BCUT2D eigenvalue weighted by Crippen LogP contribution is 2.12. The zero-order valence-electron chi connectivity index (χ0n) is 14.2. The number of amides is 1. The molecule has 3 aromatic rings. The number of nitrogens with one attached hydrogen (secondary N) is 1. The summed E-state index contributed by atoms with van der Waals surface area (Å²) in [5, 5.41) is 3.38. The molecule has 0 spiro atoms. The lowest BCUT2D eigenvalue weighted by molar-refractivity contribution is -0.145. The van der Waals surface area contributed by atoms with Crippen molar-refractivity contribution < 1.29 is 14.3 Å². The average molecular weight is 372 g/mol. The van der Waals surface area contributed by atoms with Crippen LogP contribution in [0.2, 0.25) is 5.02 Å².